The molecule has 0 bridgehead atoms. The van der Waals surface area contributed by atoms with Crippen molar-refractivity contribution in [3.8, 4) is 0 Å². The molecule has 0 radical (unpaired) electrons. The van der Waals surface area contributed by atoms with Gasteiger partial charge >= 0.3 is 0 Å². The third-order valence-electron chi connectivity index (χ3n) is 2.61. The van der Waals surface area contributed by atoms with Crippen LogP contribution >= 0.6 is 11.6 Å². The lowest BCUT2D eigenvalue weighted by molar-refractivity contribution is -0.113. The Hall–Kier alpha value is -1.92. The van der Waals surface area contributed by atoms with Crippen molar-refractivity contribution in [2.45, 2.75) is 4.90 Å². The van der Waals surface area contributed by atoms with Gasteiger partial charge in [0.1, 0.15) is 11.6 Å². The highest BCUT2D eigenvalue weighted by atomic mass is 35.5. The van der Waals surface area contributed by atoms with E-state index in [2.05, 4.69) is 5.32 Å². The molecule has 2 aromatic carbocycles. The molecule has 0 aliphatic heterocycles. The number of nitrogens with two attached hydrogens (primary N) is 1. The average molecular weight is 327 g/mol. The average Bonchev–Trinajstić information content (AvgIpc) is 2.44. The zero-order valence-corrected chi connectivity index (χ0v) is 12.4. The Bertz CT molecular complexity index is 692. The Kier molecular flexibility index (Phi) is 4.93. The van der Waals surface area contributed by atoms with Gasteiger partial charge in [-0.1, -0.05) is 11.6 Å². The number of nitrogen functional groups attached to an aromatic ring is 1. The van der Waals surface area contributed by atoms with E-state index in [0.29, 0.717) is 21.3 Å². The molecule has 1 amide bonds. The van der Waals surface area contributed by atoms with Gasteiger partial charge in [0.15, 0.2) is 0 Å². The van der Waals surface area contributed by atoms with Crippen LogP contribution in [0.1, 0.15) is 0 Å². The van der Waals surface area contributed by atoms with Gasteiger partial charge in [-0.3, -0.25) is 9.00 Å². The van der Waals surface area contributed by atoms with Crippen molar-refractivity contribution in [1.29, 1.82) is 0 Å². The maximum atomic E-state index is 12.8. The van der Waals surface area contributed by atoms with Crippen LogP contribution in [0.15, 0.2) is 47.4 Å². The Balaban J connectivity index is 2.03. The SMILES string of the molecule is Nc1ccc(Cl)cc1S(=O)CC(=O)Nc1ccc(F)cc1. The van der Waals surface area contributed by atoms with E-state index in [0.717, 1.165) is 0 Å². The summed E-state index contributed by atoms with van der Waals surface area (Å²) in [5.41, 5.74) is 6.45. The summed E-state index contributed by atoms with van der Waals surface area (Å²) in [7, 11) is -1.61. The molecule has 0 spiro atoms. The first-order chi connectivity index (χ1) is 9.95. The van der Waals surface area contributed by atoms with Crippen molar-refractivity contribution in [3.05, 3.63) is 53.3 Å². The minimum atomic E-state index is -1.61. The summed E-state index contributed by atoms with van der Waals surface area (Å²) < 4.78 is 24.9. The molecule has 0 saturated carbocycles. The predicted octanol–water partition coefficient (Wildman–Crippen LogP) is 2.81. The Labute approximate surface area is 128 Å². The molecule has 110 valence electrons. The van der Waals surface area contributed by atoms with Crippen molar-refractivity contribution in [3.63, 3.8) is 0 Å². The molecule has 0 aliphatic rings. The molecule has 2 rings (SSSR count). The molecular weight excluding hydrogens is 315 g/mol. The fraction of sp³-hybridized carbons (Fsp3) is 0.0714. The van der Waals surface area contributed by atoms with Crippen LogP contribution in [0.3, 0.4) is 0 Å². The number of hydrogen-bond donors (Lipinski definition) is 2. The summed E-state index contributed by atoms with van der Waals surface area (Å²) in [6.45, 7) is 0. The quantitative estimate of drug-likeness (QED) is 0.849. The van der Waals surface area contributed by atoms with Crippen molar-refractivity contribution < 1.29 is 13.4 Å². The normalized spacial score (nSPS) is 11.9. The number of carbonyl (C=O) groups is 1. The molecule has 3 N–H and O–H groups in total. The Morgan fingerprint density at radius 2 is 1.90 bits per heavy atom. The number of halogens is 2. The zero-order valence-electron chi connectivity index (χ0n) is 10.8. The lowest BCUT2D eigenvalue weighted by Crippen LogP contribution is -2.20. The molecule has 0 aromatic heterocycles. The van der Waals surface area contributed by atoms with Gasteiger partial charge in [0.05, 0.1) is 15.7 Å². The second-order valence-electron chi connectivity index (χ2n) is 4.23. The standard InChI is InChI=1S/C14H12ClFN2O2S/c15-9-1-6-12(17)13(7-9)21(20)8-14(19)18-11-4-2-10(16)3-5-11/h1-7H,8,17H2,(H,18,19). The van der Waals surface area contributed by atoms with E-state index in [9.17, 15) is 13.4 Å². The van der Waals surface area contributed by atoms with Crippen LogP contribution in [0.4, 0.5) is 15.8 Å². The van der Waals surface area contributed by atoms with Crippen molar-refractivity contribution in [2.24, 2.45) is 0 Å². The number of anilines is 2. The lowest BCUT2D eigenvalue weighted by atomic mass is 10.3. The maximum Gasteiger partial charge on any atom is 0.237 e. The molecule has 4 nitrogen and oxygen atoms in total. The molecule has 0 saturated heterocycles. The van der Waals surface area contributed by atoms with E-state index in [1.54, 1.807) is 6.07 Å². The van der Waals surface area contributed by atoms with Gasteiger partial charge in [0.2, 0.25) is 5.91 Å². The molecule has 21 heavy (non-hydrogen) atoms. The number of benzene rings is 2. The molecule has 2 aromatic rings. The monoisotopic (exact) mass is 326 g/mol. The minimum Gasteiger partial charge on any atom is -0.398 e. The van der Waals surface area contributed by atoms with Gasteiger partial charge in [-0.2, -0.15) is 0 Å². The summed E-state index contributed by atoms with van der Waals surface area (Å²) in [5.74, 6) is -1.12. The van der Waals surface area contributed by atoms with Crippen molar-refractivity contribution >= 4 is 39.7 Å². The number of hydrogen-bond acceptors (Lipinski definition) is 3. The Morgan fingerprint density at radius 3 is 2.57 bits per heavy atom. The third-order valence-corrected chi connectivity index (χ3v) is 4.21. The first-order valence-electron chi connectivity index (χ1n) is 5.94. The number of rotatable bonds is 4. The molecule has 0 fully saturated rings. The number of nitrogens with one attached hydrogen (secondary N) is 1. The van der Waals surface area contributed by atoms with Crippen LogP contribution in [0.5, 0.6) is 0 Å². The smallest absolute Gasteiger partial charge is 0.237 e. The van der Waals surface area contributed by atoms with E-state index < -0.39 is 22.5 Å². The highest BCUT2D eigenvalue weighted by molar-refractivity contribution is 7.86. The van der Waals surface area contributed by atoms with Crippen molar-refractivity contribution in [1.82, 2.24) is 0 Å². The summed E-state index contributed by atoms with van der Waals surface area (Å²) in [6.07, 6.45) is 0. The summed E-state index contributed by atoms with van der Waals surface area (Å²) in [4.78, 5) is 12.1. The van der Waals surface area contributed by atoms with E-state index in [1.165, 1.54) is 36.4 Å². The summed E-state index contributed by atoms with van der Waals surface area (Å²) in [6, 6.07) is 9.87. The zero-order chi connectivity index (χ0) is 15.4. The summed E-state index contributed by atoms with van der Waals surface area (Å²) >= 11 is 5.82. The number of amides is 1. The molecule has 7 heteroatoms. The summed E-state index contributed by atoms with van der Waals surface area (Å²) in [5, 5.41) is 2.93. The molecule has 0 heterocycles. The van der Waals surface area contributed by atoms with E-state index >= 15 is 0 Å². The van der Waals surface area contributed by atoms with E-state index in [-0.39, 0.29) is 5.75 Å². The van der Waals surface area contributed by atoms with Gasteiger partial charge in [0, 0.05) is 16.4 Å². The number of carbonyl (C=O) groups excluding carboxylic acids is 1. The van der Waals surface area contributed by atoms with Gasteiger partial charge in [-0.05, 0) is 42.5 Å². The molecule has 1 atom stereocenters. The largest absolute Gasteiger partial charge is 0.398 e. The van der Waals surface area contributed by atoms with Gasteiger partial charge < -0.3 is 11.1 Å². The van der Waals surface area contributed by atoms with Gasteiger partial charge in [0.25, 0.3) is 0 Å². The highest BCUT2D eigenvalue weighted by Crippen LogP contribution is 2.21. The minimum absolute atomic E-state index is 0.262. The van der Waals surface area contributed by atoms with Gasteiger partial charge in [-0.25, -0.2) is 4.39 Å². The predicted molar refractivity (Wildman–Crippen MR) is 82.2 cm³/mol. The second kappa shape index (κ2) is 6.69. The van der Waals surface area contributed by atoms with Crippen LogP contribution < -0.4 is 11.1 Å². The highest BCUT2D eigenvalue weighted by Gasteiger charge is 2.13. The van der Waals surface area contributed by atoms with Gasteiger partial charge in [-0.15, -0.1) is 0 Å². The van der Waals surface area contributed by atoms with Crippen LogP contribution in [0.25, 0.3) is 0 Å². The Morgan fingerprint density at radius 1 is 1.24 bits per heavy atom. The van der Waals surface area contributed by atoms with E-state index in [4.69, 9.17) is 17.3 Å². The fourth-order valence-electron chi connectivity index (χ4n) is 1.63. The van der Waals surface area contributed by atoms with Crippen LogP contribution in [0.2, 0.25) is 5.02 Å². The topological polar surface area (TPSA) is 72.2 Å². The third kappa shape index (κ3) is 4.27. The van der Waals surface area contributed by atoms with E-state index in [1.807, 2.05) is 0 Å². The molecule has 0 aliphatic carbocycles. The lowest BCUT2D eigenvalue weighted by Gasteiger charge is -2.07. The second-order valence-corrected chi connectivity index (χ2v) is 6.08. The van der Waals surface area contributed by atoms with Crippen LogP contribution in [0, 0.1) is 5.82 Å². The molecular formula is C14H12ClFN2O2S. The van der Waals surface area contributed by atoms with Crippen LogP contribution in [-0.4, -0.2) is 15.9 Å². The van der Waals surface area contributed by atoms with Crippen LogP contribution in [-0.2, 0) is 15.6 Å². The van der Waals surface area contributed by atoms with Crippen molar-refractivity contribution in [2.75, 3.05) is 16.8 Å². The first-order valence-corrected chi connectivity index (χ1v) is 7.64. The molecule has 1 unspecified atom stereocenters. The fourth-order valence-corrected chi connectivity index (χ4v) is 2.92. The maximum absolute atomic E-state index is 12.8. The first kappa shape index (κ1) is 15.5.